The predicted octanol–water partition coefficient (Wildman–Crippen LogP) is 6.59. The van der Waals surface area contributed by atoms with Gasteiger partial charge >= 0.3 is 19.5 Å². The Bertz CT molecular complexity index is 1340. The summed E-state index contributed by atoms with van der Waals surface area (Å²) in [6, 6.07) is 20.3. The van der Waals surface area contributed by atoms with Crippen LogP contribution < -0.4 is 0 Å². The van der Waals surface area contributed by atoms with Gasteiger partial charge in [0.25, 0.3) is 0 Å². The van der Waals surface area contributed by atoms with E-state index in [2.05, 4.69) is 18.9 Å². The van der Waals surface area contributed by atoms with Crippen molar-refractivity contribution in [3.63, 3.8) is 0 Å². The van der Waals surface area contributed by atoms with Crippen LogP contribution in [-0.2, 0) is 24.3 Å². The average molecular weight is 581 g/mol. The number of aryl methyl sites for hydroxylation is 2. The first-order valence-corrected chi connectivity index (χ1v) is 12.3. The van der Waals surface area contributed by atoms with Gasteiger partial charge in [0.1, 0.15) is 11.5 Å². The summed E-state index contributed by atoms with van der Waals surface area (Å²) in [5, 5.41) is 25.8. The molecule has 0 saturated heterocycles. The van der Waals surface area contributed by atoms with Gasteiger partial charge in [0, 0.05) is 23.6 Å². The fourth-order valence-corrected chi connectivity index (χ4v) is 5.08. The van der Waals surface area contributed by atoms with Gasteiger partial charge in [-0.15, -0.1) is 0 Å². The summed E-state index contributed by atoms with van der Waals surface area (Å²) in [7, 11) is 0. The number of fused-ring (bicyclic) bond motifs is 2. The molecule has 5 nitrogen and oxygen atoms in total. The second kappa shape index (κ2) is 12.7. The number of phenols is 2. The summed E-state index contributed by atoms with van der Waals surface area (Å²) in [5.74, 6) is 0.574. The van der Waals surface area contributed by atoms with Gasteiger partial charge in [0.2, 0.25) is 0 Å². The Kier molecular flexibility index (Phi) is 9.71. The van der Waals surface area contributed by atoms with E-state index in [-0.39, 0.29) is 43.1 Å². The molecule has 0 spiro atoms. The van der Waals surface area contributed by atoms with E-state index in [4.69, 9.17) is 14.8 Å². The van der Waals surface area contributed by atoms with Crippen LogP contribution in [0.1, 0.15) is 47.9 Å². The molecule has 1 fully saturated rings. The van der Waals surface area contributed by atoms with E-state index in [1.165, 1.54) is 0 Å². The van der Waals surface area contributed by atoms with Crippen molar-refractivity contribution < 1.29 is 34.5 Å². The number of hydrogen-bond acceptors (Lipinski definition) is 5. The molecule has 2 N–H and O–H groups in total. The molecule has 0 aromatic heterocycles. The predicted molar refractivity (Wildman–Crippen MR) is 149 cm³/mol. The normalized spacial score (nSPS) is 17.6. The molecular formula is C31H31N2O3Ru. The van der Waals surface area contributed by atoms with Crippen molar-refractivity contribution in [3.05, 3.63) is 82.9 Å². The SMILES string of the molecule is Cc1c(O)c(C=N[C@@H]2CCCC[C@H]2N=Cc2cc3ccccc3c(C)c2O)cc2ccccc12.[CH-]=O.[Ru+]. The van der Waals surface area contributed by atoms with Crippen LogP contribution in [0, 0.1) is 13.8 Å². The number of benzene rings is 4. The molecule has 2 atom stereocenters. The van der Waals surface area contributed by atoms with Crippen molar-refractivity contribution >= 4 is 40.8 Å². The second-order valence-electron chi connectivity index (χ2n) is 9.30. The number of hydrogen-bond donors (Lipinski definition) is 2. The number of aliphatic imine (C=N–C) groups is 2. The van der Waals surface area contributed by atoms with Crippen LogP contribution in [0.15, 0.2) is 70.6 Å². The minimum Gasteiger partial charge on any atom is -0.545 e. The number of aromatic hydroxyl groups is 2. The van der Waals surface area contributed by atoms with Crippen molar-refractivity contribution in [1.29, 1.82) is 0 Å². The van der Waals surface area contributed by atoms with E-state index in [0.717, 1.165) is 69.5 Å². The standard InChI is InChI=1S/C30H30N2O2.CHO.Ru/c1-19-25-11-5-3-9-21(25)15-23(29(19)33)17-31-27-13-7-8-14-28(27)32-18-24-16-22-10-4-6-12-26(22)20(2)30(24)34;1-2;/h3-6,9-12,15-18,27-28,33-34H,7-8,13-14H2,1-2H3;1H;/q;-1;+1/t27-,28-;;/m1../s1. The van der Waals surface area contributed by atoms with Crippen molar-refractivity contribution in [3.8, 4) is 11.5 Å². The molecule has 4 aromatic carbocycles. The Balaban J connectivity index is 0.00000124. The van der Waals surface area contributed by atoms with Gasteiger partial charge in [-0.3, -0.25) is 16.8 Å². The monoisotopic (exact) mass is 581 g/mol. The second-order valence-corrected chi connectivity index (χ2v) is 9.30. The maximum atomic E-state index is 10.7. The van der Waals surface area contributed by atoms with Gasteiger partial charge in [0.15, 0.2) is 0 Å². The van der Waals surface area contributed by atoms with E-state index in [9.17, 15) is 10.2 Å². The van der Waals surface area contributed by atoms with Gasteiger partial charge in [-0.25, -0.2) is 0 Å². The van der Waals surface area contributed by atoms with E-state index in [1.54, 1.807) is 0 Å². The third-order valence-corrected chi connectivity index (χ3v) is 7.11. The molecule has 5 rings (SSSR count). The van der Waals surface area contributed by atoms with Gasteiger partial charge in [0.05, 0.1) is 12.1 Å². The summed E-state index contributed by atoms with van der Waals surface area (Å²) in [4.78, 5) is 17.5. The van der Waals surface area contributed by atoms with Crippen LogP contribution in [0.25, 0.3) is 21.5 Å². The van der Waals surface area contributed by atoms with Gasteiger partial charge in [-0.1, -0.05) is 61.4 Å². The fraction of sp³-hybridized carbons (Fsp3) is 0.258. The molecule has 37 heavy (non-hydrogen) atoms. The number of phenolic OH excluding ortho intramolecular Hbond substituents is 2. The maximum Gasteiger partial charge on any atom is 1.00 e. The minimum atomic E-state index is 0. The summed E-state index contributed by atoms with van der Waals surface area (Å²) in [6.45, 7) is 7.14. The minimum absolute atomic E-state index is 0. The molecule has 0 unspecified atom stereocenters. The number of nitrogens with zero attached hydrogens (tertiary/aromatic N) is 2. The molecule has 0 amide bonds. The van der Waals surface area contributed by atoms with Crippen molar-refractivity contribution in [2.45, 2.75) is 51.6 Å². The topological polar surface area (TPSA) is 82.2 Å². The van der Waals surface area contributed by atoms with Crippen LogP contribution in [0.2, 0.25) is 0 Å². The summed E-state index contributed by atoms with van der Waals surface area (Å²) < 4.78 is 0. The van der Waals surface area contributed by atoms with Crippen LogP contribution >= 0.6 is 0 Å². The first kappa shape index (κ1) is 28.2. The molecule has 1 aliphatic carbocycles. The van der Waals surface area contributed by atoms with Crippen LogP contribution in [0.5, 0.6) is 11.5 Å². The summed E-state index contributed by atoms with van der Waals surface area (Å²) >= 11 is 0. The van der Waals surface area contributed by atoms with Gasteiger partial charge in [-0.05, 0) is 71.5 Å². The van der Waals surface area contributed by atoms with Gasteiger partial charge in [-0.2, -0.15) is 0 Å². The Hall–Kier alpha value is -3.37. The fourth-order valence-electron chi connectivity index (χ4n) is 5.08. The van der Waals surface area contributed by atoms with E-state index >= 15 is 0 Å². The van der Waals surface area contributed by atoms with Crippen molar-refractivity contribution in [2.24, 2.45) is 9.98 Å². The zero-order valence-corrected chi connectivity index (χ0v) is 22.8. The van der Waals surface area contributed by atoms with Gasteiger partial charge < -0.3 is 15.0 Å². The van der Waals surface area contributed by atoms with Crippen molar-refractivity contribution in [2.75, 3.05) is 0 Å². The van der Waals surface area contributed by atoms with Crippen LogP contribution in [0.3, 0.4) is 0 Å². The first-order valence-electron chi connectivity index (χ1n) is 12.3. The van der Waals surface area contributed by atoms with E-state index in [1.807, 2.05) is 74.8 Å². The summed E-state index contributed by atoms with van der Waals surface area (Å²) in [6.07, 6.45) is 7.80. The third-order valence-electron chi connectivity index (χ3n) is 7.11. The zero-order chi connectivity index (χ0) is 25.7. The molecule has 6 heteroatoms. The number of rotatable bonds is 4. The third kappa shape index (κ3) is 5.97. The smallest absolute Gasteiger partial charge is 0.545 e. The van der Waals surface area contributed by atoms with Crippen LogP contribution in [-0.4, -0.2) is 41.5 Å². The largest absolute Gasteiger partial charge is 1.00 e. The zero-order valence-electron chi connectivity index (χ0n) is 21.0. The van der Waals surface area contributed by atoms with E-state index < -0.39 is 0 Å². The summed E-state index contributed by atoms with van der Waals surface area (Å²) in [5.41, 5.74) is 3.24. The average Bonchev–Trinajstić information content (AvgIpc) is 2.93. The molecular weight excluding hydrogens is 549 g/mol. The molecule has 1 saturated carbocycles. The quantitative estimate of drug-likeness (QED) is 0.124. The Morgan fingerprint density at radius 2 is 1.11 bits per heavy atom. The van der Waals surface area contributed by atoms with Crippen molar-refractivity contribution in [1.82, 2.24) is 0 Å². The molecule has 0 heterocycles. The molecule has 0 bridgehead atoms. The Labute approximate surface area is 230 Å². The van der Waals surface area contributed by atoms with Crippen LogP contribution in [0.4, 0.5) is 0 Å². The first-order chi connectivity index (χ1) is 17.5. The molecule has 4 aromatic rings. The molecule has 1 aliphatic rings. The molecule has 0 aliphatic heterocycles. The van der Waals surface area contributed by atoms with E-state index in [0.29, 0.717) is 0 Å². The Morgan fingerprint density at radius 3 is 1.51 bits per heavy atom. The molecule has 191 valence electrons. The molecule has 1 radical (unpaired) electrons. The number of carbonyl (C=O) groups excluding carboxylic acids is 1. The Morgan fingerprint density at radius 1 is 0.730 bits per heavy atom. The maximum absolute atomic E-state index is 10.7.